The molecule has 0 aromatic carbocycles. The molecule has 0 fully saturated rings. The second-order valence-corrected chi connectivity index (χ2v) is 4.70. The Morgan fingerprint density at radius 2 is 2.27 bits per heavy atom. The van der Waals surface area contributed by atoms with Gasteiger partial charge in [0.25, 0.3) is 0 Å². The van der Waals surface area contributed by atoms with E-state index in [9.17, 15) is 4.79 Å². The molecule has 15 heavy (non-hydrogen) atoms. The Morgan fingerprint density at radius 1 is 1.60 bits per heavy atom. The monoisotopic (exact) mass is 249 g/mol. The van der Waals surface area contributed by atoms with Crippen LogP contribution in [0.15, 0.2) is 22.8 Å². The highest BCUT2D eigenvalue weighted by molar-refractivity contribution is 7.99. The molecule has 1 aromatic rings. The molecule has 0 atom stereocenters. The maximum Gasteiger partial charge on any atom is 0.161 e. The van der Waals surface area contributed by atoms with Crippen LogP contribution in [0.25, 0.3) is 0 Å². The molecule has 1 rings (SSSR count). The summed E-state index contributed by atoms with van der Waals surface area (Å²) in [4.78, 5) is 11.4. The number of hydrogen-bond donors (Lipinski definition) is 1. The van der Waals surface area contributed by atoms with E-state index in [1.807, 2.05) is 12.1 Å². The maximum absolute atomic E-state index is 11.4. The van der Waals surface area contributed by atoms with E-state index in [2.05, 4.69) is 0 Å². The molecule has 86 valence electrons. The molecule has 0 aliphatic carbocycles. The van der Waals surface area contributed by atoms with Crippen molar-refractivity contribution in [3.8, 4) is 0 Å². The Bertz CT molecular complexity index is 293. The van der Waals surface area contributed by atoms with Crippen LogP contribution in [0.3, 0.4) is 0 Å². The minimum Gasteiger partial charge on any atom is -0.468 e. The summed E-state index contributed by atoms with van der Waals surface area (Å²) in [5.74, 6) is 2.10. The molecule has 0 radical (unpaired) electrons. The topological polar surface area (TPSA) is 56.2 Å². The van der Waals surface area contributed by atoms with Gasteiger partial charge in [-0.1, -0.05) is 0 Å². The number of Topliss-reactive ketones (excluding diaryl/α,β-unsaturated/α-hetero) is 1. The molecule has 0 aliphatic rings. The summed E-state index contributed by atoms with van der Waals surface area (Å²) in [5.41, 5.74) is 4.93. The number of halogens is 1. The van der Waals surface area contributed by atoms with Crippen molar-refractivity contribution in [3.05, 3.63) is 24.2 Å². The molecule has 1 heterocycles. The summed E-state index contributed by atoms with van der Waals surface area (Å²) in [6.07, 6.45) is 1.63. The van der Waals surface area contributed by atoms with Crippen LogP contribution in [0.1, 0.15) is 19.6 Å². The number of ketones is 1. The van der Waals surface area contributed by atoms with Crippen molar-refractivity contribution in [1.29, 1.82) is 0 Å². The fourth-order valence-corrected chi connectivity index (χ4v) is 1.85. The Labute approximate surface area is 100 Å². The van der Waals surface area contributed by atoms with Crippen LogP contribution >= 0.6 is 24.2 Å². The number of hydrogen-bond acceptors (Lipinski definition) is 4. The zero-order valence-corrected chi connectivity index (χ0v) is 10.5. The minimum atomic E-state index is -0.726. The second-order valence-electron chi connectivity index (χ2n) is 3.72. The molecule has 1 aromatic heterocycles. The van der Waals surface area contributed by atoms with Crippen LogP contribution in [0.4, 0.5) is 0 Å². The lowest BCUT2D eigenvalue weighted by molar-refractivity contribution is -0.120. The predicted molar refractivity (Wildman–Crippen MR) is 65.4 cm³/mol. The molecule has 0 aliphatic heterocycles. The van der Waals surface area contributed by atoms with Crippen molar-refractivity contribution in [2.75, 3.05) is 5.75 Å². The second kappa shape index (κ2) is 6.20. The lowest BCUT2D eigenvalue weighted by atomic mass is 10.0. The molecule has 0 spiro atoms. The first-order chi connectivity index (χ1) is 6.50. The van der Waals surface area contributed by atoms with Gasteiger partial charge in [-0.2, -0.15) is 0 Å². The van der Waals surface area contributed by atoms with Gasteiger partial charge in [-0.3, -0.25) is 4.79 Å². The zero-order valence-electron chi connectivity index (χ0n) is 8.86. The molecule has 0 unspecified atom stereocenters. The van der Waals surface area contributed by atoms with Crippen molar-refractivity contribution >= 4 is 30.0 Å². The summed E-state index contributed by atoms with van der Waals surface area (Å²) in [6.45, 7) is 3.45. The SMILES string of the molecule is CC(C)(N)C(=O)CSCc1ccco1.Cl. The Morgan fingerprint density at radius 3 is 2.73 bits per heavy atom. The zero-order chi connectivity index (χ0) is 10.6. The van der Waals surface area contributed by atoms with Gasteiger partial charge in [-0.05, 0) is 26.0 Å². The molecule has 0 saturated heterocycles. The van der Waals surface area contributed by atoms with E-state index in [-0.39, 0.29) is 18.2 Å². The normalized spacial score (nSPS) is 10.9. The minimum absolute atomic E-state index is 0. The molecule has 3 nitrogen and oxygen atoms in total. The van der Waals surface area contributed by atoms with Gasteiger partial charge >= 0.3 is 0 Å². The van der Waals surface area contributed by atoms with E-state index >= 15 is 0 Å². The van der Waals surface area contributed by atoms with Gasteiger partial charge in [-0.25, -0.2) is 0 Å². The van der Waals surface area contributed by atoms with Crippen LogP contribution in [-0.2, 0) is 10.5 Å². The maximum atomic E-state index is 11.4. The number of carbonyl (C=O) groups is 1. The van der Waals surface area contributed by atoms with Crippen molar-refractivity contribution in [1.82, 2.24) is 0 Å². The number of furan rings is 1. The molecule has 2 N–H and O–H groups in total. The van der Waals surface area contributed by atoms with E-state index in [1.54, 1.807) is 20.1 Å². The van der Waals surface area contributed by atoms with Crippen LogP contribution in [0.2, 0.25) is 0 Å². The first-order valence-corrected chi connectivity index (χ1v) is 5.58. The molecule has 5 heteroatoms. The van der Waals surface area contributed by atoms with Crippen LogP contribution in [0, 0.1) is 0 Å². The van der Waals surface area contributed by atoms with Gasteiger partial charge in [0.05, 0.1) is 23.3 Å². The first kappa shape index (κ1) is 14.6. The van der Waals surface area contributed by atoms with Gasteiger partial charge in [0.2, 0.25) is 0 Å². The molecular weight excluding hydrogens is 234 g/mol. The standard InChI is InChI=1S/C10H15NO2S.ClH/c1-10(2,11)9(12)7-14-6-8-4-3-5-13-8;/h3-5H,6-7,11H2,1-2H3;1H. The van der Waals surface area contributed by atoms with Crippen LogP contribution in [0.5, 0.6) is 0 Å². The van der Waals surface area contributed by atoms with E-state index < -0.39 is 5.54 Å². The van der Waals surface area contributed by atoms with Gasteiger partial charge in [-0.15, -0.1) is 24.2 Å². The van der Waals surface area contributed by atoms with Crippen LogP contribution in [-0.4, -0.2) is 17.1 Å². The number of carbonyl (C=O) groups excluding carboxylic acids is 1. The van der Waals surface area contributed by atoms with Crippen molar-refractivity contribution in [3.63, 3.8) is 0 Å². The third-order valence-electron chi connectivity index (χ3n) is 1.78. The summed E-state index contributed by atoms with van der Waals surface area (Å²) in [6, 6.07) is 3.73. The third-order valence-corrected chi connectivity index (χ3v) is 2.73. The van der Waals surface area contributed by atoms with Crippen molar-refractivity contribution < 1.29 is 9.21 Å². The van der Waals surface area contributed by atoms with Crippen molar-refractivity contribution in [2.45, 2.75) is 25.1 Å². The molecular formula is C10H16ClNO2S. The average Bonchev–Trinajstić information content (AvgIpc) is 2.55. The Hall–Kier alpha value is -0.450. The number of thioether (sulfide) groups is 1. The fourth-order valence-electron chi connectivity index (χ4n) is 0.825. The molecule has 0 amide bonds. The fraction of sp³-hybridized carbons (Fsp3) is 0.500. The Kier molecular flexibility index (Phi) is 6.02. The van der Waals surface area contributed by atoms with E-state index in [1.165, 1.54) is 11.8 Å². The first-order valence-electron chi connectivity index (χ1n) is 4.42. The largest absolute Gasteiger partial charge is 0.468 e. The highest BCUT2D eigenvalue weighted by Crippen LogP contribution is 2.14. The van der Waals surface area contributed by atoms with Crippen molar-refractivity contribution in [2.24, 2.45) is 5.73 Å². The molecule has 0 bridgehead atoms. The lowest BCUT2D eigenvalue weighted by Gasteiger charge is -2.15. The highest BCUT2D eigenvalue weighted by atomic mass is 35.5. The number of rotatable bonds is 5. The third kappa shape index (κ3) is 5.25. The van der Waals surface area contributed by atoms with Gasteiger partial charge in [0.1, 0.15) is 5.76 Å². The van der Waals surface area contributed by atoms with Gasteiger partial charge < -0.3 is 10.2 Å². The van der Waals surface area contributed by atoms with Crippen LogP contribution < -0.4 is 5.73 Å². The van der Waals surface area contributed by atoms with E-state index in [0.29, 0.717) is 5.75 Å². The predicted octanol–water partition coefficient (Wildman–Crippen LogP) is 2.24. The number of nitrogens with two attached hydrogens (primary N) is 1. The summed E-state index contributed by atoms with van der Waals surface area (Å²) in [5, 5.41) is 0. The average molecular weight is 250 g/mol. The summed E-state index contributed by atoms with van der Waals surface area (Å²) < 4.78 is 5.14. The highest BCUT2D eigenvalue weighted by Gasteiger charge is 2.21. The Balaban J connectivity index is 0.00000196. The van der Waals surface area contributed by atoms with E-state index in [4.69, 9.17) is 10.2 Å². The summed E-state index contributed by atoms with van der Waals surface area (Å²) in [7, 11) is 0. The van der Waals surface area contributed by atoms with E-state index in [0.717, 1.165) is 11.5 Å². The quantitative estimate of drug-likeness (QED) is 0.870. The summed E-state index contributed by atoms with van der Waals surface area (Å²) >= 11 is 1.52. The lowest BCUT2D eigenvalue weighted by Crippen LogP contribution is -2.42. The molecule has 0 saturated carbocycles. The smallest absolute Gasteiger partial charge is 0.161 e. The van der Waals surface area contributed by atoms with Gasteiger partial charge in [0, 0.05) is 0 Å². The van der Waals surface area contributed by atoms with Gasteiger partial charge in [0.15, 0.2) is 5.78 Å².